The van der Waals surface area contributed by atoms with Gasteiger partial charge in [0.25, 0.3) is 0 Å². The van der Waals surface area contributed by atoms with Gasteiger partial charge in [-0.2, -0.15) is 8.78 Å². The zero-order valence-electron chi connectivity index (χ0n) is 13.3. The lowest BCUT2D eigenvalue weighted by atomic mass is 10.0. The molecular formula is C18H18ClF2NO3. The summed E-state index contributed by atoms with van der Waals surface area (Å²) in [6.07, 6.45) is -0.735. The molecule has 4 nitrogen and oxygen atoms in total. The fraction of sp³-hybridized carbons (Fsp3) is 0.333. The van der Waals surface area contributed by atoms with Crippen molar-refractivity contribution in [3.8, 4) is 11.5 Å². The van der Waals surface area contributed by atoms with Gasteiger partial charge < -0.3 is 19.5 Å². The van der Waals surface area contributed by atoms with Gasteiger partial charge in [0.15, 0.2) is 17.6 Å². The Morgan fingerprint density at radius 3 is 2.56 bits per heavy atom. The summed E-state index contributed by atoms with van der Waals surface area (Å²) >= 11 is 5.89. The van der Waals surface area contributed by atoms with E-state index in [1.165, 1.54) is 12.1 Å². The van der Waals surface area contributed by atoms with Gasteiger partial charge in [0.1, 0.15) is 6.10 Å². The zero-order chi connectivity index (χ0) is 17.6. The third-order valence-corrected chi connectivity index (χ3v) is 4.03. The number of alkyl halides is 2. The van der Waals surface area contributed by atoms with Crippen LogP contribution in [0.25, 0.3) is 0 Å². The predicted octanol–water partition coefficient (Wildman–Crippen LogP) is 4.05. The molecule has 25 heavy (non-hydrogen) atoms. The minimum absolute atomic E-state index is 0.104. The smallest absolute Gasteiger partial charge is 0.387 e. The van der Waals surface area contributed by atoms with Crippen molar-refractivity contribution >= 4 is 11.6 Å². The lowest BCUT2D eigenvalue weighted by Crippen LogP contribution is -2.43. The van der Waals surface area contributed by atoms with Crippen molar-refractivity contribution in [2.45, 2.75) is 18.8 Å². The molecule has 2 aromatic rings. The minimum atomic E-state index is -2.97. The summed E-state index contributed by atoms with van der Waals surface area (Å²) in [4.78, 5) is 0. The van der Waals surface area contributed by atoms with Crippen LogP contribution in [0.4, 0.5) is 8.78 Å². The summed E-state index contributed by atoms with van der Waals surface area (Å²) in [6.45, 7) is -1.06. The maximum Gasteiger partial charge on any atom is 0.387 e. The van der Waals surface area contributed by atoms with Gasteiger partial charge in [-0.3, -0.25) is 0 Å². The van der Waals surface area contributed by atoms with Crippen LogP contribution < -0.4 is 14.8 Å². The minimum Gasteiger partial charge on any atom is -0.479 e. The van der Waals surface area contributed by atoms with Crippen molar-refractivity contribution in [2.24, 2.45) is 0 Å². The van der Waals surface area contributed by atoms with Crippen LogP contribution in [0.15, 0.2) is 48.5 Å². The third-order valence-electron chi connectivity index (χ3n) is 3.80. The van der Waals surface area contributed by atoms with Crippen LogP contribution in [0.5, 0.6) is 11.5 Å². The summed E-state index contributed by atoms with van der Waals surface area (Å²) < 4.78 is 41.8. The normalized spacial score (nSPS) is 18.8. The summed E-state index contributed by atoms with van der Waals surface area (Å²) in [5, 5.41) is 3.54. The Bertz CT molecular complexity index is 681. The Hall–Kier alpha value is -1.89. The molecule has 0 amide bonds. The first-order chi connectivity index (χ1) is 12.1. The van der Waals surface area contributed by atoms with Crippen LogP contribution >= 0.6 is 11.6 Å². The summed E-state index contributed by atoms with van der Waals surface area (Å²) in [7, 11) is 0. The molecule has 0 radical (unpaired) electrons. The number of hydrogen-bond acceptors (Lipinski definition) is 4. The molecule has 1 aliphatic rings. The largest absolute Gasteiger partial charge is 0.479 e. The Balaban J connectivity index is 1.90. The van der Waals surface area contributed by atoms with Gasteiger partial charge in [-0.15, -0.1) is 0 Å². The number of benzene rings is 2. The predicted molar refractivity (Wildman–Crippen MR) is 90.5 cm³/mol. The number of ether oxygens (including phenoxy) is 3. The topological polar surface area (TPSA) is 39.7 Å². The van der Waals surface area contributed by atoms with Crippen LogP contribution in [0.2, 0.25) is 5.02 Å². The second-order valence-corrected chi connectivity index (χ2v) is 5.97. The van der Waals surface area contributed by atoms with Crippen LogP contribution in [0, 0.1) is 0 Å². The van der Waals surface area contributed by atoms with Gasteiger partial charge >= 0.3 is 6.61 Å². The van der Waals surface area contributed by atoms with E-state index >= 15 is 0 Å². The summed E-state index contributed by atoms with van der Waals surface area (Å²) in [6, 6.07) is 13.9. The van der Waals surface area contributed by atoms with Crippen molar-refractivity contribution in [1.29, 1.82) is 0 Å². The second-order valence-electron chi connectivity index (χ2n) is 5.53. The maximum absolute atomic E-state index is 12.7. The number of hydrogen-bond donors (Lipinski definition) is 1. The van der Waals surface area contributed by atoms with E-state index in [2.05, 4.69) is 10.1 Å². The molecule has 7 heteroatoms. The van der Waals surface area contributed by atoms with Gasteiger partial charge in [0, 0.05) is 24.2 Å². The standard InChI is InChI=1S/C18H18ClF2NO3/c19-13-6-7-14(15(10-13)25-18(20)21)24-17(12-4-2-1-3-5-12)16-11-22-8-9-23-16/h1-7,10,16-18,22H,8-9,11H2. The molecule has 2 atom stereocenters. The quantitative estimate of drug-likeness (QED) is 0.834. The van der Waals surface area contributed by atoms with Gasteiger partial charge in [0.05, 0.1) is 6.61 Å². The average Bonchev–Trinajstić information content (AvgIpc) is 2.62. The van der Waals surface area contributed by atoms with Gasteiger partial charge in [-0.05, 0) is 17.7 Å². The molecule has 3 rings (SSSR count). The molecule has 0 saturated carbocycles. The number of morpholine rings is 1. The molecular weight excluding hydrogens is 352 g/mol. The van der Waals surface area contributed by atoms with E-state index in [0.717, 1.165) is 12.1 Å². The Labute approximate surface area is 149 Å². The number of rotatable bonds is 6. The highest BCUT2D eigenvalue weighted by atomic mass is 35.5. The highest BCUT2D eigenvalue weighted by Gasteiger charge is 2.29. The molecule has 1 N–H and O–H groups in total. The monoisotopic (exact) mass is 369 g/mol. The van der Waals surface area contributed by atoms with Crippen LogP contribution in [0.1, 0.15) is 11.7 Å². The van der Waals surface area contributed by atoms with E-state index < -0.39 is 12.7 Å². The molecule has 1 aliphatic heterocycles. The van der Waals surface area contributed by atoms with Crippen molar-refractivity contribution < 1.29 is 23.0 Å². The molecule has 0 spiro atoms. The number of nitrogens with one attached hydrogen (secondary N) is 1. The first kappa shape index (κ1) is 17.9. The SMILES string of the molecule is FC(F)Oc1cc(Cl)ccc1OC(c1ccccc1)C1CNCCO1. The lowest BCUT2D eigenvalue weighted by molar-refractivity contribution is -0.0598. The van der Waals surface area contributed by atoms with Crippen molar-refractivity contribution in [3.63, 3.8) is 0 Å². The molecule has 0 bridgehead atoms. The average molecular weight is 370 g/mol. The molecule has 1 saturated heterocycles. The van der Waals surface area contributed by atoms with E-state index in [9.17, 15) is 8.78 Å². The third kappa shape index (κ3) is 4.81. The van der Waals surface area contributed by atoms with E-state index in [1.54, 1.807) is 6.07 Å². The summed E-state index contributed by atoms with van der Waals surface area (Å²) in [5.41, 5.74) is 0.883. The Morgan fingerprint density at radius 2 is 1.88 bits per heavy atom. The molecule has 2 unspecified atom stereocenters. The molecule has 1 heterocycles. The Kier molecular flexibility index (Phi) is 6.07. The fourth-order valence-electron chi connectivity index (χ4n) is 2.69. The first-order valence-electron chi connectivity index (χ1n) is 7.92. The second kappa shape index (κ2) is 8.47. The molecule has 1 fully saturated rings. The fourth-order valence-corrected chi connectivity index (χ4v) is 2.85. The van der Waals surface area contributed by atoms with Crippen LogP contribution in [-0.2, 0) is 4.74 Å². The van der Waals surface area contributed by atoms with E-state index in [0.29, 0.717) is 13.2 Å². The van der Waals surface area contributed by atoms with Crippen LogP contribution in [-0.4, -0.2) is 32.4 Å². The highest BCUT2D eigenvalue weighted by molar-refractivity contribution is 6.30. The van der Waals surface area contributed by atoms with E-state index in [1.807, 2.05) is 30.3 Å². The Morgan fingerprint density at radius 1 is 1.08 bits per heavy atom. The van der Waals surface area contributed by atoms with Crippen molar-refractivity contribution in [3.05, 3.63) is 59.1 Å². The zero-order valence-corrected chi connectivity index (χ0v) is 14.1. The van der Waals surface area contributed by atoms with E-state index in [4.69, 9.17) is 21.1 Å². The van der Waals surface area contributed by atoms with Gasteiger partial charge in [0.2, 0.25) is 0 Å². The maximum atomic E-state index is 12.7. The highest BCUT2D eigenvalue weighted by Crippen LogP contribution is 2.36. The lowest BCUT2D eigenvalue weighted by Gasteiger charge is -2.32. The molecule has 0 aromatic heterocycles. The first-order valence-corrected chi connectivity index (χ1v) is 8.29. The van der Waals surface area contributed by atoms with Gasteiger partial charge in [-0.25, -0.2) is 0 Å². The molecule has 2 aromatic carbocycles. The van der Waals surface area contributed by atoms with Crippen molar-refractivity contribution in [2.75, 3.05) is 19.7 Å². The van der Waals surface area contributed by atoms with Crippen molar-refractivity contribution in [1.82, 2.24) is 5.32 Å². The number of halogens is 3. The summed E-state index contributed by atoms with van der Waals surface area (Å²) in [5.74, 6) is 0.0833. The molecule has 0 aliphatic carbocycles. The van der Waals surface area contributed by atoms with Crippen LogP contribution in [0.3, 0.4) is 0 Å². The molecule has 134 valence electrons. The van der Waals surface area contributed by atoms with E-state index in [-0.39, 0.29) is 22.6 Å². The van der Waals surface area contributed by atoms with Gasteiger partial charge in [-0.1, -0.05) is 41.9 Å².